The van der Waals surface area contributed by atoms with Gasteiger partial charge in [-0.3, -0.25) is 14.2 Å². The first-order valence-corrected chi connectivity index (χ1v) is 15.0. The lowest BCUT2D eigenvalue weighted by molar-refractivity contribution is -0.139. The van der Waals surface area contributed by atoms with E-state index in [9.17, 15) is 9.59 Å². The molecule has 2 amide bonds. The number of carbonyl (C=O) groups is 2. The van der Waals surface area contributed by atoms with Crippen LogP contribution in [0.2, 0.25) is 0 Å². The molecule has 0 N–H and O–H groups in total. The number of aromatic nitrogens is 2. The molecule has 0 bridgehead atoms. The molecule has 3 aliphatic heterocycles. The van der Waals surface area contributed by atoms with Gasteiger partial charge in [0, 0.05) is 49.1 Å². The minimum absolute atomic E-state index is 0.00360. The molecule has 2 aromatic heterocycles. The largest absolute Gasteiger partial charge is 0.493 e. The summed E-state index contributed by atoms with van der Waals surface area (Å²) in [6.07, 6.45) is 4.99. The van der Waals surface area contributed by atoms with E-state index in [0.29, 0.717) is 43.1 Å². The maximum absolute atomic E-state index is 14.0. The summed E-state index contributed by atoms with van der Waals surface area (Å²) in [7, 11) is 1.66. The average molecular weight is 549 g/mol. The van der Waals surface area contributed by atoms with Gasteiger partial charge in [0.05, 0.1) is 24.6 Å². The molecule has 6 rings (SSSR count). The van der Waals surface area contributed by atoms with Gasteiger partial charge in [-0.15, -0.1) is 0 Å². The molecule has 0 spiro atoms. The maximum atomic E-state index is 14.0. The van der Waals surface area contributed by atoms with E-state index >= 15 is 0 Å². The second-order valence-electron chi connectivity index (χ2n) is 11.0. The maximum Gasteiger partial charge on any atom is 0.274 e. The van der Waals surface area contributed by atoms with Crippen molar-refractivity contribution >= 4 is 23.2 Å². The minimum Gasteiger partial charge on any atom is -0.493 e. The molecule has 3 aromatic rings. The number of thiophene rings is 1. The zero-order valence-electron chi connectivity index (χ0n) is 22.9. The molecule has 1 unspecified atom stereocenters. The fourth-order valence-corrected chi connectivity index (χ4v) is 6.58. The predicted molar refractivity (Wildman–Crippen MR) is 151 cm³/mol. The third kappa shape index (κ3) is 4.81. The lowest BCUT2D eigenvalue weighted by Crippen LogP contribution is -2.45. The number of hydrogen-bond donors (Lipinski definition) is 0. The molecule has 0 radical (unpaired) electrons. The lowest BCUT2D eigenvalue weighted by atomic mass is 9.97. The highest BCUT2D eigenvalue weighted by molar-refractivity contribution is 7.08. The van der Waals surface area contributed by atoms with Gasteiger partial charge in [-0.2, -0.15) is 11.3 Å². The molecule has 39 heavy (non-hydrogen) atoms. The van der Waals surface area contributed by atoms with Crippen LogP contribution < -0.4 is 9.47 Å². The molecule has 206 valence electrons. The Morgan fingerprint density at radius 1 is 1.03 bits per heavy atom. The summed E-state index contributed by atoms with van der Waals surface area (Å²) in [6.45, 7) is 6.99. The second kappa shape index (κ2) is 10.7. The molecule has 0 saturated carbocycles. The Kier molecular flexibility index (Phi) is 7.10. The Morgan fingerprint density at radius 2 is 1.85 bits per heavy atom. The van der Waals surface area contributed by atoms with Gasteiger partial charge >= 0.3 is 0 Å². The van der Waals surface area contributed by atoms with Gasteiger partial charge in [-0.25, -0.2) is 4.98 Å². The molecule has 1 aromatic carbocycles. The first-order chi connectivity index (χ1) is 18.9. The van der Waals surface area contributed by atoms with Crippen LogP contribution >= 0.6 is 11.3 Å². The Labute approximate surface area is 233 Å². The number of rotatable bonds is 6. The third-order valence-electron chi connectivity index (χ3n) is 8.09. The van der Waals surface area contributed by atoms with Crippen LogP contribution in [0.5, 0.6) is 11.5 Å². The predicted octanol–water partition coefficient (Wildman–Crippen LogP) is 4.97. The van der Waals surface area contributed by atoms with Crippen LogP contribution in [0, 0.1) is 5.92 Å². The zero-order valence-corrected chi connectivity index (χ0v) is 23.8. The number of amides is 2. The van der Waals surface area contributed by atoms with Crippen molar-refractivity contribution < 1.29 is 19.1 Å². The Bertz CT molecular complexity index is 1380. The molecular formula is C30H36N4O4S. The highest BCUT2D eigenvalue weighted by Gasteiger charge is 2.34. The molecule has 1 atom stereocenters. The molecule has 5 heterocycles. The van der Waals surface area contributed by atoms with Gasteiger partial charge < -0.3 is 19.3 Å². The van der Waals surface area contributed by atoms with E-state index in [1.54, 1.807) is 18.4 Å². The van der Waals surface area contributed by atoms with Crippen molar-refractivity contribution in [3.05, 3.63) is 45.9 Å². The molecule has 2 saturated heterocycles. The Hall–Kier alpha value is -3.33. The van der Waals surface area contributed by atoms with Gasteiger partial charge in [-0.05, 0) is 75.4 Å². The van der Waals surface area contributed by atoms with Crippen molar-refractivity contribution in [2.75, 3.05) is 33.3 Å². The fourth-order valence-electron chi connectivity index (χ4n) is 5.95. The number of likely N-dealkylation sites (tertiary alicyclic amines) is 2. The van der Waals surface area contributed by atoms with Crippen LogP contribution in [0.1, 0.15) is 61.3 Å². The number of methoxy groups -OCH3 is 1. The quantitative estimate of drug-likeness (QED) is 0.435. The van der Waals surface area contributed by atoms with Crippen molar-refractivity contribution in [3.8, 4) is 28.6 Å². The lowest BCUT2D eigenvalue weighted by Gasteiger charge is -2.34. The summed E-state index contributed by atoms with van der Waals surface area (Å²) in [5.74, 6) is 2.42. The van der Waals surface area contributed by atoms with Gasteiger partial charge in [-0.1, -0.05) is 0 Å². The Balaban J connectivity index is 1.36. The number of nitrogens with zero attached hydrogens (tertiary/aromatic N) is 4. The van der Waals surface area contributed by atoms with Crippen LogP contribution in [0.4, 0.5) is 0 Å². The number of carbonyl (C=O) groups excluding carboxylic acids is 2. The SMILES string of the molecule is COc1cc2c(cc1OC(C)C)-n1c(-c3ccsc3)nc(C(=O)N3CCCC(C(=O)N4CCC4)CC3)c1CC2. The second-order valence-corrected chi connectivity index (χ2v) is 11.8. The van der Waals surface area contributed by atoms with Crippen LogP contribution in [0.3, 0.4) is 0 Å². The monoisotopic (exact) mass is 548 g/mol. The molecule has 3 aliphatic rings. The van der Waals surface area contributed by atoms with Crippen LogP contribution in [0.25, 0.3) is 17.1 Å². The van der Waals surface area contributed by atoms with E-state index in [4.69, 9.17) is 14.5 Å². The van der Waals surface area contributed by atoms with Crippen LogP contribution in [-0.2, 0) is 17.6 Å². The van der Waals surface area contributed by atoms with Crippen molar-refractivity contribution in [3.63, 3.8) is 0 Å². The molecule has 9 heteroatoms. The topological polar surface area (TPSA) is 76.9 Å². The zero-order chi connectivity index (χ0) is 27.1. The normalized spacial score (nSPS) is 18.7. The van der Waals surface area contributed by atoms with Crippen molar-refractivity contribution in [2.24, 2.45) is 5.92 Å². The minimum atomic E-state index is -0.0344. The molecule has 2 fully saturated rings. The third-order valence-corrected chi connectivity index (χ3v) is 8.77. The fraction of sp³-hybridized carbons (Fsp3) is 0.500. The standard InChI is InChI=1S/C30H36N4O4S/c1-19(2)38-26-17-24-21(16-25(26)37-3)7-8-23-27(31-28(34(23)24)22-10-15-39-18-22)30(36)33-11-4-6-20(9-14-33)29(35)32-12-5-13-32/h10,15-20H,4-9,11-14H2,1-3H3. The van der Waals surface area contributed by atoms with Gasteiger partial charge in [0.15, 0.2) is 17.2 Å². The summed E-state index contributed by atoms with van der Waals surface area (Å²) < 4.78 is 13.9. The smallest absolute Gasteiger partial charge is 0.274 e. The van der Waals surface area contributed by atoms with Crippen molar-refractivity contribution in [1.29, 1.82) is 0 Å². The van der Waals surface area contributed by atoms with Crippen LogP contribution in [0.15, 0.2) is 29.0 Å². The van der Waals surface area contributed by atoms with E-state index in [0.717, 1.165) is 67.1 Å². The van der Waals surface area contributed by atoms with Crippen molar-refractivity contribution in [1.82, 2.24) is 19.4 Å². The average Bonchev–Trinajstić information content (AvgIpc) is 3.48. The van der Waals surface area contributed by atoms with E-state index < -0.39 is 0 Å². The molecular weight excluding hydrogens is 512 g/mol. The summed E-state index contributed by atoms with van der Waals surface area (Å²) in [4.78, 5) is 35.8. The van der Waals surface area contributed by atoms with E-state index in [2.05, 4.69) is 22.1 Å². The first-order valence-electron chi connectivity index (χ1n) is 14.0. The summed E-state index contributed by atoms with van der Waals surface area (Å²) >= 11 is 1.62. The van der Waals surface area contributed by atoms with Crippen LogP contribution in [-0.4, -0.2) is 70.6 Å². The molecule has 8 nitrogen and oxygen atoms in total. The molecule has 0 aliphatic carbocycles. The highest BCUT2D eigenvalue weighted by atomic mass is 32.1. The summed E-state index contributed by atoms with van der Waals surface area (Å²) in [6, 6.07) is 6.13. The van der Waals surface area contributed by atoms with E-state index in [1.165, 1.54) is 0 Å². The summed E-state index contributed by atoms with van der Waals surface area (Å²) in [5.41, 5.74) is 4.58. The number of aryl methyl sites for hydroxylation is 1. The van der Waals surface area contributed by atoms with Gasteiger partial charge in [0.2, 0.25) is 5.91 Å². The number of ether oxygens (including phenoxy) is 2. The van der Waals surface area contributed by atoms with E-state index in [1.807, 2.05) is 35.1 Å². The number of benzene rings is 1. The number of hydrogen-bond acceptors (Lipinski definition) is 6. The van der Waals surface area contributed by atoms with Crippen molar-refractivity contribution in [2.45, 2.75) is 58.5 Å². The Morgan fingerprint density at radius 3 is 2.54 bits per heavy atom. The van der Waals surface area contributed by atoms with Gasteiger partial charge in [0.25, 0.3) is 5.91 Å². The first kappa shape index (κ1) is 25.9. The summed E-state index contributed by atoms with van der Waals surface area (Å²) in [5, 5.41) is 4.11. The highest BCUT2D eigenvalue weighted by Crippen LogP contribution is 2.40. The number of fused-ring (bicyclic) bond motifs is 3. The van der Waals surface area contributed by atoms with Gasteiger partial charge in [0.1, 0.15) is 5.82 Å². The van der Waals surface area contributed by atoms with E-state index in [-0.39, 0.29) is 23.8 Å². The number of imidazole rings is 1.